The smallest absolute Gasteiger partial charge is 0.0233 e. The predicted octanol–water partition coefficient (Wildman–Crippen LogP) is 3.16. The van der Waals surface area contributed by atoms with Gasteiger partial charge in [-0.25, -0.2) is 0 Å². The molecule has 1 aliphatic rings. The molecule has 1 nitrogen and oxygen atoms in total. The molecule has 0 N–H and O–H groups in total. The zero-order valence-electron chi connectivity index (χ0n) is 9.59. The average molecular weight is 191 g/mol. The Labute approximate surface area is 87.8 Å². The highest BCUT2D eigenvalue weighted by molar-refractivity contribution is 5.20. The van der Waals surface area contributed by atoms with E-state index in [4.69, 9.17) is 0 Å². The van der Waals surface area contributed by atoms with Crippen molar-refractivity contribution in [3.63, 3.8) is 0 Å². The van der Waals surface area contributed by atoms with Gasteiger partial charge in [0.2, 0.25) is 0 Å². The van der Waals surface area contributed by atoms with Gasteiger partial charge in [0.1, 0.15) is 0 Å². The molecule has 0 aromatic heterocycles. The van der Waals surface area contributed by atoms with Crippen LogP contribution < -0.4 is 0 Å². The standard InChI is InChI=1S/C13H21N/c1-4-6-13(5-2)11-14-9-7-12(3)8-10-14/h4-7H,8-11H2,1-3H3/b6-4-,13-5+. The Hall–Kier alpha value is -0.820. The summed E-state index contributed by atoms with van der Waals surface area (Å²) in [5.41, 5.74) is 2.95. The lowest BCUT2D eigenvalue weighted by molar-refractivity contribution is 0.320. The Morgan fingerprint density at radius 2 is 2.29 bits per heavy atom. The summed E-state index contributed by atoms with van der Waals surface area (Å²) in [6, 6.07) is 0. The van der Waals surface area contributed by atoms with Crippen LogP contribution in [-0.4, -0.2) is 24.5 Å². The van der Waals surface area contributed by atoms with E-state index in [0.29, 0.717) is 0 Å². The fraction of sp³-hybridized carbons (Fsp3) is 0.538. The molecule has 0 amide bonds. The van der Waals surface area contributed by atoms with Crippen LogP contribution in [0.1, 0.15) is 27.2 Å². The van der Waals surface area contributed by atoms with Gasteiger partial charge in [0, 0.05) is 19.6 Å². The maximum atomic E-state index is 2.49. The molecule has 0 bridgehead atoms. The van der Waals surface area contributed by atoms with E-state index >= 15 is 0 Å². The molecule has 0 unspecified atom stereocenters. The fourth-order valence-corrected chi connectivity index (χ4v) is 1.67. The SMILES string of the molecule is C/C=C\C(=C/C)CN1CC=C(C)CC1. The maximum Gasteiger partial charge on any atom is 0.0233 e. The van der Waals surface area contributed by atoms with Crippen molar-refractivity contribution in [2.75, 3.05) is 19.6 Å². The first-order valence-corrected chi connectivity index (χ1v) is 5.42. The minimum absolute atomic E-state index is 1.09. The van der Waals surface area contributed by atoms with Crippen molar-refractivity contribution in [2.45, 2.75) is 27.2 Å². The van der Waals surface area contributed by atoms with Crippen molar-refractivity contribution in [3.8, 4) is 0 Å². The molecule has 0 aromatic rings. The number of rotatable bonds is 3. The van der Waals surface area contributed by atoms with E-state index in [1.54, 1.807) is 0 Å². The van der Waals surface area contributed by atoms with Gasteiger partial charge in [-0.15, -0.1) is 0 Å². The molecular weight excluding hydrogens is 170 g/mol. The van der Waals surface area contributed by atoms with Gasteiger partial charge in [0.05, 0.1) is 0 Å². The quantitative estimate of drug-likeness (QED) is 0.489. The molecule has 1 heteroatoms. The lowest BCUT2D eigenvalue weighted by Crippen LogP contribution is -2.30. The predicted molar refractivity (Wildman–Crippen MR) is 63.4 cm³/mol. The van der Waals surface area contributed by atoms with Crippen LogP contribution in [0.5, 0.6) is 0 Å². The Balaban J connectivity index is 2.45. The summed E-state index contributed by atoms with van der Waals surface area (Å²) in [5.74, 6) is 0. The lowest BCUT2D eigenvalue weighted by Gasteiger charge is -2.25. The summed E-state index contributed by atoms with van der Waals surface area (Å²) in [7, 11) is 0. The molecule has 0 saturated heterocycles. The van der Waals surface area contributed by atoms with Gasteiger partial charge in [-0.05, 0) is 32.8 Å². The van der Waals surface area contributed by atoms with E-state index in [1.165, 1.54) is 24.1 Å². The van der Waals surface area contributed by atoms with Crippen molar-refractivity contribution in [2.24, 2.45) is 0 Å². The summed E-state index contributed by atoms with van der Waals surface area (Å²) in [6.07, 6.45) is 10.1. The second kappa shape index (κ2) is 5.82. The molecular formula is C13H21N. The third-order valence-electron chi connectivity index (χ3n) is 2.68. The second-order valence-electron chi connectivity index (χ2n) is 3.90. The monoisotopic (exact) mass is 191 g/mol. The molecule has 1 rings (SSSR count). The number of hydrogen-bond acceptors (Lipinski definition) is 1. The van der Waals surface area contributed by atoms with Crippen LogP contribution in [-0.2, 0) is 0 Å². The third kappa shape index (κ3) is 3.51. The summed E-state index contributed by atoms with van der Waals surface area (Å²) < 4.78 is 0. The van der Waals surface area contributed by atoms with E-state index in [1.807, 2.05) is 0 Å². The Bertz CT molecular complexity index is 258. The van der Waals surface area contributed by atoms with E-state index in [2.05, 4.69) is 50.0 Å². The first-order chi connectivity index (χ1) is 6.76. The minimum atomic E-state index is 1.09. The van der Waals surface area contributed by atoms with Crippen molar-refractivity contribution >= 4 is 0 Å². The van der Waals surface area contributed by atoms with Gasteiger partial charge in [-0.3, -0.25) is 4.90 Å². The van der Waals surface area contributed by atoms with E-state index in [9.17, 15) is 0 Å². The molecule has 78 valence electrons. The van der Waals surface area contributed by atoms with E-state index in [0.717, 1.165) is 13.1 Å². The summed E-state index contributed by atoms with van der Waals surface area (Å²) in [4.78, 5) is 2.49. The second-order valence-corrected chi connectivity index (χ2v) is 3.90. The minimum Gasteiger partial charge on any atom is -0.295 e. The Morgan fingerprint density at radius 1 is 1.50 bits per heavy atom. The van der Waals surface area contributed by atoms with Crippen molar-refractivity contribution < 1.29 is 0 Å². The van der Waals surface area contributed by atoms with Crippen molar-refractivity contribution in [3.05, 3.63) is 35.5 Å². The van der Waals surface area contributed by atoms with E-state index < -0.39 is 0 Å². The van der Waals surface area contributed by atoms with Crippen LogP contribution in [0.15, 0.2) is 35.5 Å². The van der Waals surface area contributed by atoms with Crippen LogP contribution in [0.4, 0.5) is 0 Å². The van der Waals surface area contributed by atoms with Crippen LogP contribution in [0.25, 0.3) is 0 Å². The molecule has 1 heterocycles. The van der Waals surface area contributed by atoms with Crippen LogP contribution in [0.3, 0.4) is 0 Å². The highest BCUT2D eigenvalue weighted by atomic mass is 15.1. The molecule has 0 aliphatic carbocycles. The fourth-order valence-electron chi connectivity index (χ4n) is 1.67. The normalized spacial score (nSPS) is 20.2. The summed E-state index contributed by atoms with van der Waals surface area (Å²) >= 11 is 0. The lowest BCUT2D eigenvalue weighted by atomic mass is 10.1. The van der Waals surface area contributed by atoms with Gasteiger partial charge in [0.25, 0.3) is 0 Å². The Morgan fingerprint density at radius 3 is 2.79 bits per heavy atom. The largest absolute Gasteiger partial charge is 0.295 e. The van der Waals surface area contributed by atoms with Crippen LogP contribution in [0.2, 0.25) is 0 Å². The third-order valence-corrected chi connectivity index (χ3v) is 2.68. The van der Waals surface area contributed by atoms with Gasteiger partial charge in [-0.1, -0.05) is 29.9 Å². The molecule has 14 heavy (non-hydrogen) atoms. The highest BCUT2D eigenvalue weighted by Gasteiger charge is 2.09. The molecule has 0 radical (unpaired) electrons. The van der Waals surface area contributed by atoms with Crippen LogP contribution >= 0.6 is 0 Å². The van der Waals surface area contributed by atoms with Gasteiger partial charge >= 0.3 is 0 Å². The first kappa shape index (κ1) is 11.3. The maximum absolute atomic E-state index is 2.49. The topological polar surface area (TPSA) is 3.24 Å². The molecule has 0 fully saturated rings. The zero-order chi connectivity index (χ0) is 10.4. The molecule has 0 aromatic carbocycles. The van der Waals surface area contributed by atoms with Crippen molar-refractivity contribution in [1.82, 2.24) is 4.90 Å². The number of nitrogens with zero attached hydrogens (tertiary/aromatic N) is 1. The highest BCUT2D eigenvalue weighted by Crippen LogP contribution is 2.11. The number of hydrogen-bond donors (Lipinski definition) is 0. The van der Waals surface area contributed by atoms with Gasteiger partial charge in [0.15, 0.2) is 0 Å². The molecule has 0 saturated carbocycles. The summed E-state index contributed by atoms with van der Waals surface area (Å²) in [6.45, 7) is 9.81. The van der Waals surface area contributed by atoms with Gasteiger partial charge < -0.3 is 0 Å². The molecule has 0 atom stereocenters. The van der Waals surface area contributed by atoms with Crippen molar-refractivity contribution in [1.29, 1.82) is 0 Å². The number of allylic oxidation sites excluding steroid dienone is 2. The average Bonchev–Trinajstić information content (AvgIpc) is 2.20. The molecule has 0 spiro atoms. The van der Waals surface area contributed by atoms with Crippen LogP contribution in [0, 0.1) is 0 Å². The Kier molecular flexibility index (Phi) is 4.68. The zero-order valence-corrected chi connectivity index (χ0v) is 9.59. The first-order valence-electron chi connectivity index (χ1n) is 5.42. The van der Waals surface area contributed by atoms with E-state index in [-0.39, 0.29) is 0 Å². The summed E-state index contributed by atoms with van der Waals surface area (Å²) in [5, 5.41) is 0. The molecule has 1 aliphatic heterocycles. The van der Waals surface area contributed by atoms with Gasteiger partial charge in [-0.2, -0.15) is 0 Å².